The molecule has 0 spiro atoms. The number of carbonyl (C=O) groups excluding carboxylic acids is 1. The van der Waals surface area contributed by atoms with Crippen LogP contribution in [0.3, 0.4) is 0 Å². The number of fused-ring (bicyclic) bond motifs is 4. The van der Waals surface area contributed by atoms with E-state index in [-0.39, 0.29) is 18.2 Å². The Morgan fingerprint density at radius 1 is 1.32 bits per heavy atom. The van der Waals surface area contributed by atoms with Gasteiger partial charge in [-0.05, 0) is 31.4 Å². The molecule has 0 aromatic heterocycles. The van der Waals surface area contributed by atoms with Crippen molar-refractivity contribution in [2.45, 2.75) is 42.9 Å². The highest BCUT2D eigenvalue weighted by Gasteiger charge is 2.42. The third-order valence-corrected chi connectivity index (χ3v) is 6.89. The quantitative estimate of drug-likeness (QED) is 0.754. The number of hydrogen-bond acceptors (Lipinski definition) is 7. The van der Waals surface area contributed by atoms with Gasteiger partial charge >= 0.3 is 0 Å². The van der Waals surface area contributed by atoms with Crippen LogP contribution >= 0.6 is 11.8 Å². The summed E-state index contributed by atoms with van der Waals surface area (Å²) in [4.78, 5) is 17.2. The summed E-state index contributed by atoms with van der Waals surface area (Å²) in [5.74, 6) is 1.26. The van der Waals surface area contributed by atoms with Crippen LogP contribution < -0.4 is 20.1 Å². The summed E-state index contributed by atoms with van der Waals surface area (Å²) in [6.07, 6.45) is 3.30. The van der Waals surface area contributed by atoms with Crippen LogP contribution in [0.5, 0.6) is 11.5 Å². The van der Waals surface area contributed by atoms with Gasteiger partial charge in [0.05, 0.1) is 39.0 Å². The van der Waals surface area contributed by atoms with Crippen LogP contribution in [0.25, 0.3) is 0 Å². The van der Waals surface area contributed by atoms with Gasteiger partial charge in [-0.25, -0.2) is 0 Å². The van der Waals surface area contributed by atoms with Gasteiger partial charge in [0.2, 0.25) is 0 Å². The Morgan fingerprint density at radius 2 is 2.11 bits per heavy atom. The second kappa shape index (κ2) is 8.71. The number of rotatable bonds is 6. The van der Waals surface area contributed by atoms with Gasteiger partial charge < -0.3 is 19.5 Å². The predicted molar refractivity (Wildman–Crippen MR) is 110 cm³/mol. The second-order valence-electron chi connectivity index (χ2n) is 7.40. The number of nitrogens with zero attached hydrogens (tertiary/aromatic N) is 1. The predicted octanol–water partition coefficient (Wildman–Crippen LogP) is 2.06. The van der Waals surface area contributed by atoms with Crippen molar-refractivity contribution in [1.29, 1.82) is 0 Å². The van der Waals surface area contributed by atoms with Crippen LogP contribution in [0.1, 0.15) is 29.6 Å². The molecule has 28 heavy (non-hydrogen) atoms. The maximum Gasteiger partial charge on any atom is 0.258 e. The Kier molecular flexibility index (Phi) is 6.08. The standard InChI is InChI=1S/C20H27N3O4S/c1-25-15-4-3-5-16(26-2)19(15)20(24)22-10-18-23-12-6-7-14(27-18)13(8-12)17-9-21-11-28-17/h3-5,11-14,17-18,23H,6-10H2,1-2H3,(H,22,24). The lowest BCUT2D eigenvalue weighted by Crippen LogP contribution is -2.45. The highest BCUT2D eigenvalue weighted by atomic mass is 32.2. The van der Waals surface area contributed by atoms with Gasteiger partial charge in [-0.2, -0.15) is 0 Å². The molecule has 1 aromatic rings. The van der Waals surface area contributed by atoms with Gasteiger partial charge in [0, 0.05) is 17.2 Å². The molecule has 3 aliphatic heterocycles. The van der Waals surface area contributed by atoms with E-state index in [0.717, 1.165) is 25.8 Å². The van der Waals surface area contributed by atoms with Gasteiger partial charge in [0.25, 0.3) is 5.91 Å². The largest absolute Gasteiger partial charge is 0.496 e. The minimum absolute atomic E-state index is 0.195. The number of methoxy groups -OCH3 is 2. The minimum Gasteiger partial charge on any atom is -0.496 e. The van der Waals surface area contributed by atoms with Gasteiger partial charge in [-0.1, -0.05) is 6.07 Å². The van der Waals surface area contributed by atoms with Crippen molar-refractivity contribution in [2.75, 3.05) is 27.3 Å². The topological polar surface area (TPSA) is 81.2 Å². The third-order valence-electron chi connectivity index (χ3n) is 5.77. The van der Waals surface area contributed by atoms with E-state index in [9.17, 15) is 4.79 Å². The number of benzene rings is 1. The molecule has 1 aromatic carbocycles. The molecule has 5 atom stereocenters. The molecule has 2 N–H and O–H groups in total. The number of nitrogens with one attached hydrogen (secondary N) is 2. The molecule has 7 nitrogen and oxygen atoms in total. The van der Waals surface area contributed by atoms with E-state index in [0.29, 0.717) is 40.8 Å². The number of aliphatic imine (C=N–C) groups is 1. The molecule has 1 amide bonds. The van der Waals surface area contributed by atoms with Gasteiger partial charge in [-0.3, -0.25) is 15.1 Å². The van der Waals surface area contributed by atoms with Gasteiger partial charge in [0.15, 0.2) is 0 Å². The molecular weight excluding hydrogens is 378 g/mol. The molecule has 2 saturated heterocycles. The van der Waals surface area contributed by atoms with Crippen molar-refractivity contribution in [3.63, 3.8) is 0 Å². The van der Waals surface area contributed by atoms with E-state index in [4.69, 9.17) is 14.2 Å². The first-order valence-corrected chi connectivity index (χ1v) is 10.7. The Balaban J connectivity index is 1.40. The maximum absolute atomic E-state index is 12.8. The number of hydrogen-bond donors (Lipinski definition) is 2. The second-order valence-corrected chi connectivity index (χ2v) is 8.48. The zero-order chi connectivity index (χ0) is 19.5. The van der Waals surface area contributed by atoms with Crippen LogP contribution in [0.2, 0.25) is 0 Å². The third kappa shape index (κ3) is 3.99. The molecule has 5 rings (SSSR count). The number of carbonyl (C=O) groups is 1. The molecule has 5 unspecified atom stereocenters. The first kappa shape index (κ1) is 19.5. The van der Waals surface area contributed by atoms with E-state index in [1.165, 1.54) is 0 Å². The molecule has 152 valence electrons. The lowest BCUT2D eigenvalue weighted by atomic mass is 9.81. The van der Waals surface area contributed by atoms with Crippen LogP contribution in [0.15, 0.2) is 23.2 Å². The number of amides is 1. The van der Waals surface area contributed by atoms with Crippen molar-refractivity contribution in [1.82, 2.24) is 10.6 Å². The van der Waals surface area contributed by atoms with Crippen LogP contribution in [0, 0.1) is 5.92 Å². The zero-order valence-corrected chi connectivity index (χ0v) is 17.0. The normalized spacial score (nSPS) is 31.4. The Labute approximate surface area is 169 Å². The lowest BCUT2D eigenvalue weighted by molar-refractivity contribution is -0.0386. The first-order chi connectivity index (χ1) is 13.7. The zero-order valence-electron chi connectivity index (χ0n) is 16.2. The summed E-state index contributed by atoms with van der Waals surface area (Å²) in [7, 11) is 3.09. The Hall–Kier alpha value is -1.77. The van der Waals surface area contributed by atoms with Crippen molar-refractivity contribution in [3.8, 4) is 11.5 Å². The van der Waals surface area contributed by atoms with E-state index in [2.05, 4.69) is 15.6 Å². The molecule has 8 heteroatoms. The molecule has 3 fully saturated rings. The van der Waals surface area contributed by atoms with Crippen LogP contribution in [0.4, 0.5) is 0 Å². The number of thioether (sulfide) groups is 1. The van der Waals surface area contributed by atoms with Gasteiger partial charge in [0.1, 0.15) is 23.3 Å². The summed E-state index contributed by atoms with van der Waals surface area (Å²) < 4.78 is 17.0. The molecule has 1 aliphatic carbocycles. The van der Waals surface area contributed by atoms with Crippen molar-refractivity contribution in [2.24, 2.45) is 10.9 Å². The van der Waals surface area contributed by atoms with Crippen molar-refractivity contribution in [3.05, 3.63) is 23.8 Å². The smallest absolute Gasteiger partial charge is 0.258 e. The van der Waals surface area contributed by atoms with E-state index >= 15 is 0 Å². The molecule has 2 bridgehead atoms. The summed E-state index contributed by atoms with van der Waals surface area (Å²) in [6.45, 7) is 1.28. The average molecular weight is 406 g/mol. The van der Waals surface area contributed by atoms with Crippen LogP contribution in [-0.4, -0.2) is 62.4 Å². The van der Waals surface area contributed by atoms with Gasteiger partial charge in [-0.15, -0.1) is 11.8 Å². The molecule has 0 radical (unpaired) electrons. The van der Waals surface area contributed by atoms with E-state index in [1.807, 2.05) is 17.3 Å². The van der Waals surface area contributed by atoms with E-state index < -0.39 is 0 Å². The summed E-state index contributed by atoms with van der Waals surface area (Å²) in [6, 6.07) is 5.73. The fourth-order valence-corrected chi connectivity index (χ4v) is 5.39. The molecular formula is C20H27N3O4S. The van der Waals surface area contributed by atoms with E-state index in [1.54, 1.807) is 32.4 Å². The Morgan fingerprint density at radius 3 is 2.79 bits per heavy atom. The van der Waals surface area contributed by atoms with Crippen molar-refractivity contribution < 1.29 is 19.0 Å². The lowest BCUT2D eigenvalue weighted by Gasteiger charge is -2.34. The molecule has 4 aliphatic rings. The monoisotopic (exact) mass is 405 g/mol. The SMILES string of the molecule is COc1cccc(OC)c1C(=O)NCC1NC2CCC(O1)C(C1CN=CS1)C2. The summed E-state index contributed by atoms with van der Waals surface area (Å²) in [5.41, 5.74) is 2.37. The fourth-order valence-electron chi connectivity index (χ4n) is 4.41. The summed E-state index contributed by atoms with van der Waals surface area (Å²) in [5, 5.41) is 7.07. The fraction of sp³-hybridized carbons (Fsp3) is 0.600. The number of ether oxygens (including phenoxy) is 3. The van der Waals surface area contributed by atoms with Crippen molar-refractivity contribution >= 4 is 23.2 Å². The highest BCUT2D eigenvalue weighted by Crippen LogP contribution is 2.38. The molecule has 3 heterocycles. The first-order valence-electron chi connectivity index (χ1n) is 9.74. The minimum atomic E-state index is -0.229. The Bertz CT molecular complexity index is 714. The van der Waals surface area contributed by atoms with Crippen LogP contribution in [-0.2, 0) is 4.74 Å². The highest BCUT2D eigenvalue weighted by molar-refractivity contribution is 8.12. The molecule has 1 saturated carbocycles. The average Bonchev–Trinajstić information content (AvgIpc) is 3.12. The maximum atomic E-state index is 12.8. The summed E-state index contributed by atoms with van der Waals surface area (Å²) >= 11 is 1.83.